The van der Waals surface area contributed by atoms with E-state index in [4.69, 9.17) is 4.98 Å². The van der Waals surface area contributed by atoms with E-state index >= 15 is 0 Å². The molecule has 3 rings (SSSR count). The maximum atomic E-state index is 12.8. The molecule has 9 nitrogen and oxygen atoms in total. The number of nitrogens with one attached hydrogen (secondary N) is 2. The molecule has 0 atom stereocenters. The van der Waals surface area contributed by atoms with Gasteiger partial charge in [0.1, 0.15) is 0 Å². The summed E-state index contributed by atoms with van der Waals surface area (Å²) >= 11 is 0. The van der Waals surface area contributed by atoms with Crippen LogP contribution in [0, 0.1) is 10.1 Å². The molecule has 0 aliphatic rings. The van der Waals surface area contributed by atoms with Crippen LogP contribution in [0.4, 0.5) is 11.4 Å². The third-order valence-corrected chi connectivity index (χ3v) is 6.00. The zero-order chi connectivity index (χ0) is 24.7. The topological polar surface area (TPSA) is 115 Å². The molecule has 0 saturated heterocycles. The molecule has 2 heterocycles. The number of hydrogen-bond acceptors (Lipinski definition) is 6. The minimum absolute atomic E-state index is 0.0446. The second-order valence-electron chi connectivity index (χ2n) is 8.37. The number of non-ortho nitro benzene ring substituents is 1. The van der Waals surface area contributed by atoms with Gasteiger partial charge >= 0.3 is 0 Å². The summed E-state index contributed by atoms with van der Waals surface area (Å²) in [5.41, 5.74) is 4.04. The Kier molecular flexibility index (Phi) is 8.56. The predicted octanol–water partition coefficient (Wildman–Crippen LogP) is 5.23. The number of nitro groups is 1. The summed E-state index contributed by atoms with van der Waals surface area (Å²) in [6.45, 7) is 9.49. The molecule has 3 aromatic rings. The van der Waals surface area contributed by atoms with Crippen molar-refractivity contribution in [3.8, 4) is 0 Å². The first-order chi connectivity index (χ1) is 16.4. The lowest BCUT2D eigenvalue weighted by atomic mass is 10.0. The monoisotopic (exact) mass is 466 g/mol. The molecule has 2 N–H and O–H groups in total. The van der Waals surface area contributed by atoms with Crippen LogP contribution in [0.3, 0.4) is 0 Å². The van der Waals surface area contributed by atoms with E-state index in [2.05, 4.69) is 36.5 Å². The Morgan fingerprint density at radius 3 is 2.35 bits per heavy atom. The lowest BCUT2D eigenvalue weighted by Crippen LogP contribution is -2.26. The number of nitrogens with zero attached hydrogens (tertiary/aromatic N) is 4. The van der Waals surface area contributed by atoms with Gasteiger partial charge in [-0.05, 0) is 38.3 Å². The summed E-state index contributed by atoms with van der Waals surface area (Å²) in [6, 6.07) is 5.94. The fourth-order valence-electron chi connectivity index (χ4n) is 4.25. The average molecular weight is 467 g/mol. The summed E-state index contributed by atoms with van der Waals surface area (Å²) in [5, 5.41) is 23.1. The number of anilines is 1. The van der Waals surface area contributed by atoms with Gasteiger partial charge in [-0.2, -0.15) is 5.10 Å². The standard InChI is InChI=1S/C25H34N6O3/c1-5-9-18(10-6-2)28-23-20(22(7-3)29-24-21(23)16-27-30(24)8-4)15-26-25(32)17-11-13-19(14-12-17)31(33)34/h11-14,16,18H,5-10,15H2,1-4H3,(H,26,32)(H,28,29). The largest absolute Gasteiger partial charge is 0.381 e. The van der Waals surface area contributed by atoms with Crippen LogP contribution < -0.4 is 10.6 Å². The zero-order valence-corrected chi connectivity index (χ0v) is 20.4. The molecule has 0 aliphatic carbocycles. The molecule has 0 radical (unpaired) electrons. The minimum Gasteiger partial charge on any atom is -0.381 e. The molecule has 34 heavy (non-hydrogen) atoms. The van der Waals surface area contributed by atoms with E-state index in [1.807, 2.05) is 17.8 Å². The van der Waals surface area contributed by atoms with Gasteiger partial charge in [0.15, 0.2) is 5.65 Å². The SMILES string of the molecule is CCCC(CCC)Nc1c(CNC(=O)c2ccc([N+](=O)[O-])cc2)c(CC)nc2c1cnn2CC. The molecule has 0 unspecified atom stereocenters. The number of carbonyl (C=O) groups excluding carboxylic acids is 1. The number of aryl methyl sites for hydroxylation is 2. The molecule has 1 amide bonds. The van der Waals surface area contributed by atoms with Crippen molar-refractivity contribution >= 4 is 28.3 Å². The highest BCUT2D eigenvalue weighted by Crippen LogP contribution is 2.31. The van der Waals surface area contributed by atoms with Crippen LogP contribution in [-0.4, -0.2) is 31.6 Å². The highest BCUT2D eigenvalue weighted by molar-refractivity contribution is 5.95. The average Bonchev–Trinajstić information content (AvgIpc) is 3.26. The lowest BCUT2D eigenvalue weighted by Gasteiger charge is -2.23. The summed E-state index contributed by atoms with van der Waals surface area (Å²) in [7, 11) is 0. The number of nitro benzene ring substituents is 1. The van der Waals surface area contributed by atoms with Crippen LogP contribution in [0.15, 0.2) is 30.5 Å². The number of hydrogen-bond donors (Lipinski definition) is 2. The van der Waals surface area contributed by atoms with Gasteiger partial charge in [0.2, 0.25) is 0 Å². The fraction of sp³-hybridized carbons (Fsp3) is 0.480. The van der Waals surface area contributed by atoms with Crippen LogP contribution in [0.5, 0.6) is 0 Å². The Labute approximate surface area is 200 Å². The zero-order valence-electron chi connectivity index (χ0n) is 20.4. The molecule has 0 fully saturated rings. The Hall–Kier alpha value is -3.49. The summed E-state index contributed by atoms with van der Waals surface area (Å²) in [5.74, 6) is -0.286. The number of amides is 1. The highest BCUT2D eigenvalue weighted by Gasteiger charge is 2.20. The fourth-order valence-corrected chi connectivity index (χ4v) is 4.25. The number of rotatable bonds is 12. The van der Waals surface area contributed by atoms with Gasteiger partial charge in [-0.25, -0.2) is 9.67 Å². The van der Waals surface area contributed by atoms with Crippen LogP contribution in [-0.2, 0) is 19.5 Å². The van der Waals surface area contributed by atoms with E-state index in [0.29, 0.717) is 24.6 Å². The Morgan fingerprint density at radius 2 is 1.79 bits per heavy atom. The van der Waals surface area contributed by atoms with Crippen molar-refractivity contribution in [1.29, 1.82) is 0 Å². The molecule has 0 saturated carbocycles. The molecular formula is C25H34N6O3. The van der Waals surface area contributed by atoms with Gasteiger partial charge in [-0.3, -0.25) is 14.9 Å². The molecule has 9 heteroatoms. The third-order valence-electron chi connectivity index (χ3n) is 6.00. The lowest BCUT2D eigenvalue weighted by molar-refractivity contribution is -0.384. The van der Waals surface area contributed by atoms with Crippen molar-refractivity contribution in [2.75, 3.05) is 5.32 Å². The van der Waals surface area contributed by atoms with Crippen LogP contribution in [0.25, 0.3) is 11.0 Å². The van der Waals surface area contributed by atoms with Crippen molar-refractivity contribution < 1.29 is 9.72 Å². The smallest absolute Gasteiger partial charge is 0.269 e. The molecule has 1 aromatic carbocycles. The van der Waals surface area contributed by atoms with E-state index in [0.717, 1.165) is 60.2 Å². The molecular weight excluding hydrogens is 432 g/mol. The highest BCUT2D eigenvalue weighted by atomic mass is 16.6. The third kappa shape index (κ3) is 5.52. The molecule has 0 spiro atoms. The molecule has 0 aliphatic heterocycles. The van der Waals surface area contributed by atoms with E-state index in [9.17, 15) is 14.9 Å². The van der Waals surface area contributed by atoms with E-state index in [1.165, 1.54) is 24.3 Å². The second kappa shape index (κ2) is 11.6. The van der Waals surface area contributed by atoms with Gasteiger partial charge in [0.05, 0.1) is 22.2 Å². The number of pyridine rings is 1. The van der Waals surface area contributed by atoms with E-state index in [1.54, 1.807) is 0 Å². The summed E-state index contributed by atoms with van der Waals surface area (Å²) in [6.07, 6.45) is 6.82. The quantitative estimate of drug-likeness (QED) is 0.279. The first kappa shape index (κ1) is 25.1. The number of fused-ring (bicyclic) bond motifs is 1. The van der Waals surface area contributed by atoms with Crippen molar-refractivity contribution in [2.24, 2.45) is 0 Å². The van der Waals surface area contributed by atoms with Gasteiger partial charge < -0.3 is 10.6 Å². The first-order valence-corrected chi connectivity index (χ1v) is 12.1. The Bertz CT molecular complexity index is 1130. The van der Waals surface area contributed by atoms with Crippen LogP contribution >= 0.6 is 0 Å². The Balaban J connectivity index is 1.97. The normalized spacial score (nSPS) is 11.2. The first-order valence-electron chi connectivity index (χ1n) is 12.1. The van der Waals surface area contributed by atoms with Crippen LogP contribution in [0.1, 0.15) is 75.0 Å². The summed E-state index contributed by atoms with van der Waals surface area (Å²) in [4.78, 5) is 28.1. The number of carbonyl (C=O) groups is 1. The molecule has 0 bridgehead atoms. The maximum Gasteiger partial charge on any atom is 0.269 e. The van der Waals surface area contributed by atoms with E-state index < -0.39 is 4.92 Å². The van der Waals surface area contributed by atoms with Gasteiger partial charge in [-0.1, -0.05) is 33.6 Å². The van der Waals surface area contributed by atoms with Crippen molar-refractivity contribution in [3.05, 3.63) is 57.4 Å². The van der Waals surface area contributed by atoms with Crippen LogP contribution in [0.2, 0.25) is 0 Å². The molecule has 2 aromatic heterocycles. The number of benzene rings is 1. The minimum atomic E-state index is -0.479. The van der Waals surface area contributed by atoms with Gasteiger partial charge in [-0.15, -0.1) is 0 Å². The second-order valence-corrected chi connectivity index (χ2v) is 8.37. The van der Waals surface area contributed by atoms with Crippen molar-refractivity contribution in [1.82, 2.24) is 20.1 Å². The van der Waals surface area contributed by atoms with Gasteiger partial charge in [0, 0.05) is 48.1 Å². The Morgan fingerprint density at radius 1 is 1.12 bits per heavy atom. The van der Waals surface area contributed by atoms with Crippen molar-refractivity contribution in [3.63, 3.8) is 0 Å². The number of aromatic nitrogens is 3. The van der Waals surface area contributed by atoms with E-state index in [-0.39, 0.29) is 11.6 Å². The molecule has 182 valence electrons. The predicted molar refractivity (Wildman–Crippen MR) is 134 cm³/mol. The maximum absolute atomic E-state index is 12.8. The van der Waals surface area contributed by atoms with Gasteiger partial charge in [0.25, 0.3) is 11.6 Å². The summed E-state index contributed by atoms with van der Waals surface area (Å²) < 4.78 is 1.90. The van der Waals surface area contributed by atoms with Crippen molar-refractivity contribution in [2.45, 2.75) is 78.9 Å².